The van der Waals surface area contributed by atoms with E-state index in [2.05, 4.69) is 4.72 Å². The van der Waals surface area contributed by atoms with Crippen molar-refractivity contribution in [2.24, 2.45) is 5.73 Å². The van der Waals surface area contributed by atoms with Crippen LogP contribution in [-0.2, 0) is 14.8 Å². The fraction of sp³-hybridized carbons (Fsp3) is 1.00. The molecule has 0 aromatic carbocycles. The molecule has 1 aliphatic heterocycles. The first kappa shape index (κ1) is 10.9. The number of hydrogen-bond acceptors (Lipinski definition) is 4. The lowest BCUT2D eigenvalue weighted by Gasteiger charge is -2.15. The highest BCUT2D eigenvalue weighted by molar-refractivity contribution is 7.89. The third-order valence-corrected chi connectivity index (χ3v) is 3.53. The normalized spacial score (nSPS) is 29.4. The SMILES string of the molecule is CC1OCCC1NS(=O)(=O)CCN. The molecule has 0 spiro atoms. The highest BCUT2D eigenvalue weighted by atomic mass is 32.2. The summed E-state index contributed by atoms with van der Waals surface area (Å²) >= 11 is 0. The van der Waals surface area contributed by atoms with Gasteiger partial charge in [-0.3, -0.25) is 0 Å². The molecule has 3 N–H and O–H groups in total. The van der Waals surface area contributed by atoms with E-state index in [1.165, 1.54) is 0 Å². The molecule has 1 heterocycles. The Labute approximate surface area is 78.7 Å². The summed E-state index contributed by atoms with van der Waals surface area (Å²) < 4.78 is 30.4. The average Bonchev–Trinajstić information content (AvgIpc) is 2.35. The Morgan fingerprint density at radius 1 is 1.62 bits per heavy atom. The maximum atomic E-state index is 11.3. The summed E-state index contributed by atoms with van der Waals surface area (Å²) in [5.41, 5.74) is 5.17. The van der Waals surface area contributed by atoms with Crippen LogP contribution in [0.5, 0.6) is 0 Å². The van der Waals surface area contributed by atoms with Gasteiger partial charge in [-0.05, 0) is 13.3 Å². The van der Waals surface area contributed by atoms with Crippen molar-refractivity contribution in [2.75, 3.05) is 18.9 Å². The second-order valence-electron chi connectivity index (χ2n) is 3.20. The van der Waals surface area contributed by atoms with E-state index < -0.39 is 10.0 Å². The molecule has 0 amide bonds. The molecule has 0 radical (unpaired) electrons. The van der Waals surface area contributed by atoms with Crippen LogP contribution in [0.2, 0.25) is 0 Å². The Morgan fingerprint density at radius 3 is 2.77 bits per heavy atom. The molecule has 0 aliphatic carbocycles. The molecule has 1 aliphatic rings. The predicted molar refractivity (Wildman–Crippen MR) is 49.8 cm³/mol. The summed E-state index contributed by atoms with van der Waals surface area (Å²) in [6.07, 6.45) is 0.706. The van der Waals surface area contributed by atoms with Crippen molar-refractivity contribution in [3.05, 3.63) is 0 Å². The maximum absolute atomic E-state index is 11.3. The number of rotatable bonds is 4. The zero-order valence-corrected chi connectivity index (χ0v) is 8.51. The van der Waals surface area contributed by atoms with E-state index in [9.17, 15) is 8.42 Å². The van der Waals surface area contributed by atoms with Crippen LogP contribution in [-0.4, -0.2) is 39.5 Å². The second-order valence-corrected chi connectivity index (χ2v) is 5.07. The van der Waals surface area contributed by atoms with Crippen molar-refractivity contribution in [3.8, 4) is 0 Å². The van der Waals surface area contributed by atoms with Gasteiger partial charge in [-0.25, -0.2) is 13.1 Å². The van der Waals surface area contributed by atoms with E-state index in [0.29, 0.717) is 6.61 Å². The van der Waals surface area contributed by atoms with Crippen LogP contribution in [0.15, 0.2) is 0 Å². The fourth-order valence-electron chi connectivity index (χ4n) is 1.33. The van der Waals surface area contributed by atoms with Gasteiger partial charge in [0.25, 0.3) is 0 Å². The summed E-state index contributed by atoms with van der Waals surface area (Å²) in [6, 6.07) is -0.0865. The first-order valence-electron chi connectivity index (χ1n) is 4.37. The molecule has 1 rings (SSSR count). The predicted octanol–water partition coefficient (Wildman–Crippen LogP) is -0.958. The van der Waals surface area contributed by atoms with Crippen LogP contribution in [0.25, 0.3) is 0 Å². The molecule has 2 unspecified atom stereocenters. The van der Waals surface area contributed by atoms with Gasteiger partial charge in [0.1, 0.15) is 0 Å². The standard InChI is InChI=1S/C7H16N2O3S/c1-6-7(2-4-12-6)9-13(10,11)5-3-8/h6-7,9H,2-5,8H2,1H3. The molecule has 0 aromatic heterocycles. The van der Waals surface area contributed by atoms with Crippen molar-refractivity contribution in [1.82, 2.24) is 4.72 Å². The lowest BCUT2D eigenvalue weighted by molar-refractivity contribution is 0.117. The molecule has 0 saturated carbocycles. The highest BCUT2D eigenvalue weighted by Crippen LogP contribution is 2.13. The first-order chi connectivity index (χ1) is 6.05. The van der Waals surface area contributed by atoms with Gasteiger partial charge in [-0.15, -0.1) is 0 Å². The minimum atomic E-state index is -3.20. The molecule has 78 valence electrons. The molecule has 2 atom stereocenters. The van der Waals surface area contributed by atoms with Crippen LogP contribution in [0, 0.1) is 0 Å². The Kier molecular flexibility index (Phi) is 3.66. The van der Waals surface area contributed by atoms with Crippen LogP contribution in [0.3, 0.4) is 0 Å². The molecule has 1 fully saturated rings. The Morgan fingerprint density at radius 2 is 2.31 bits per heavy atom. The molecule has 0 bridgehead atoms. The van der Waals surface area contributed by atoms with Gasteiger partial charge in [0.05, 0.1) is 11.9 Å². The number of hydrogen-bond donors (Lipinski definition) is 2. The quantitative estimate of drug-likeness (QED) is 0.623. The Hall–Kier alpha value is -0.170. The van der Waals surface area contributed by atoms with Crippen LogP contribution >= 0.6 is 0 Å². The topological polar surface area (TPSA) is 81.4 Å². The summed E-state index contributed by atoms with van der Waals surface area (Å²) in [5, 5.41) is 0. The molecular weight excluding hydrogens is 192 g/mol. The molecule has 5 nitrogen and oxygen atoms in total. The maximum Gasteiger partial charge on any atom is 0.213 e. The highest BCUT2D eigenvalue weighted by Gasteiger charge is 2.27. The zero-order valence-electron chi connectivity index (χ0n) is 7.69. The first-order valence-corrected chi connectivity index (χ1v) is 6.02. The molecule has 1 saturated heterocycles. The summed E-state index contributed by atoms with van der Waals surface area (Å²) in [4.78, 5) is 0. The van der Waals surface area contributed by atoms with E-state index in [-0.39, 0.29) is 24.4 Å². The van der Waals surface area contributed by atoms with Gasteiger partial charge in [-0.2, -0.15) is 0 Å². The van der Waals surface area contributed by atoms with Gasteiger partial charge < -0.3 is 10.5 Å². The monoisotopic (exact) mass is 208 g/mol. The van der Waals surface area contributed by atoms with Crippen molar-refractivity contribution in [2.45, 2.75) is 25.5 Å². The van der Waals surface area contributed by atoms with Crippen molar-refractivity contribution < 1.29 is 13.2 Å². The zero-order chi connectivity index (χ0) is 9.90. The second kappa shape index (κ2) is 4.36. The third kappa shape index (κ3) is 3.22. The third-order valence-electron chi connectivity index (χ3n) is 2.09. The van der Waals surface area contributed by atoms with E-state index in [1.54, 1.807) is 0 Å². The average molecular weight is 208 g/mol. The number of ether oxygens (including phenoxy) is 1. The van der Waals surface area contributed by atoms with Gasteiger partial charge in [-0.1, -0.05) is 0 Å². The van der Waals surface area contributed by atoms with Crippen LogP contribution < -0.4 is 10.5 Å². The van der Waals surface area contributed by atoms with Crippen LogP contribution in [0.1, 0.15) is 13.3 Å². The molecule has 6 heteroatoms. The summed E-state index contributed by atoms with van der Waals surface area (Å²) in [7, 11) is -3.20. The lowest BCUT2D eigenvalue weighted by Crippen LogP contribution is -2.41. The van der Waals surface area contributed by atoms with Gasteiger partial charge in [0.2, 0.25) is 10.0 Å². The summed E-state index contributed by atoms with van der Waals surface area (Å²) in [5.74, 6) is -0.0176. The minimum Gasteiger partial charge on any atom is -0.377 e. The fourth-order valence-corrected chi connectivity index (χ4v) is 2.53. The largest absolute Gasteiger partial charge is 0.377 e. The number of nitrogens with one attached hydrogen (secondary N) is 1. The minimum absolute atomic E-state index is 0.0176. The smallest absolute Gasteiger partial charge is 0.213 e. The van der Waals surface area contributed by atoms with E-state index in [1.807, 2.05) is 6.92 Å². The lowest BCUT2D eigenvalue weighted by atomic mass is 10.2. The van der Waals surface area contributed by atoms with Gasteiger partial charge in [0, 0.05) is 19.2 Å². The molecule has 13 heavy (non-hydrogen) atoms. The van der Waals surface area contributed by atoms with Gasteiger partial charge in [0.15, 0.2) is 0 Å². The molecular formula is C7H16N2O3S. The van der Waals surface area contributed by atoms with Crippen molar-refractivity contribution >= 4 is 10.0 Å². The number of sulfonamides is 1. The van der Waals surface area contributed by atoms with Crippen LogP contribution in [0.4, 0.5) is 0 Å². The molecule has 0 aromatic rings. The summed E-state index contributed by atoms with van der Waals surface area (Å²) in [6.45, 7) is 2.64. The Bertz CT molecular complexity index is 252. The van der Waals surface area contributed by atoms with Crippen molar-refractivity contribution in [1.29, 1.82) is 0 Å². The van der Waals surface area contributed by atoms with E-state index >= 15 is 0 Å². The van der Waals surface area contributed by atoms with E-state index in [0.717, 1.165) is 6.42 Å². The van der Waals surface area contributed by atoms with Crippen molar-refractivity contribution in [3.63, 3.8) is 0 Å². The Balaban J connectivity index is 2.47. The van der Waals surface area contributed by atoms with Gasteiger partial charge >= 0.3 is 0 Å². The number of nitrogens with two attached hydrogens (primary N) is 1. The van der Waals surface area contributed by atoms with E-state index in [4.69, 9.17) is 10.5 Å².